The lowest BCUT2D eigenvalue weighted by Gasteiger charge is -2.37. The van der Waals surface area contributed by atoms with E-state index in [1.54, 1.807) is 42.3 Å². The van der Waals surface area contributed by atoms with Crippen LogP contribution in [0.25, 0.3) is 11.1 Å². The molecule has 0 saturated carbocycles. The summed E-state index contributed by atoms with van der Waals surface area (Å²) in [5.41, 5.74) is 2.30. The molecule has 1 N–H and O–H groups in total. The average Bonchev–Trinajstić information content (AvgIpc) is 2.85. The van der Waals surface area contributed by atoms with Gasteiger partial charge in [-0.15, -0.1) is 0 Å². The summed E-state index contributed by atoms with van der Waals surface area (Å²) in [5.74, 6) is -0.833. The van der Waals surface area contributed by atoms with Crippen molar-refractivity contribution in [1.29, 1.82) is 0 Å². The molecular formula is C28H31F2N3O3. The second kappa shape index (κ2) is 11.1. The number of hydrogen-bond donors (Lipinski definition) is 1. The van der Waals surface area contributed by atoms with Gasteiger partial charge in [-0.1, -0.05) is 31.2 Å². The minimum Gasteiger partial charge on any atom is -0.472 e. The van der Waals surface area contributed by atoms with Crippen molar-refractivity contribution >= 4 is 5.91 Å². The molecule has 1 aliphatic heterocycles. The van der Waals surface area contributed by atoms with E-state index in [0.29, 0.717) is 30.8 Å². The first-order valence-corrected chi connectivity index (χ1v) is 12.0. The van der Waals surface area contributed by atoms with Crippen molar-refractivity contribution in [2.75, 3.05) is 26.7 Å². The van der Waals surface area contributed by atoms with Gasteiger partial charge >= 0.3 is 0 Å². The molecule has 0 radical (unpaired) electrons. The largest absolute Gasteiger partial charge is 0.472 e. The van der Waals surface area contributed by atoms with Gasteiger partial charge in [-0.2, -0.15) is 0 Å². The number of likely N-dealkylation sites (N-methyl/N-ethyl adjacent to an activating group) is 1. The van der Waals surface area contributed by atoms with Crippen molar-refractivity contribution < 1.29 is 23.4 Å². The first-order valence-electron chi connectivity index (χ1n) is 12.0. The molecule has 2 aromatic carbocycles. The number of amides is 1. The van der Waals surface area contributed by atoms with Crippen LogP contribution in [-0.4, -0.2) is 64.7 Å². The summed E-state index contributed by atoms with van der Waals surface area (Å²) in [4.78, 5) is 21.7. The van der Waals surface area contributed by atoms with Gasteiger partial charge in [0.2, 0.25) is 5.88 Å². The minimum atomic E-state index is -0.408. The zero-order valence-corrected chi connectivity index (χ0v) is 20.7. The summed E-state index contributed by atoms with van der Waals surface area (Å²) in [6.07, 6.45) is 1.25. The number of ether oxygens (including phenoxy) is 1. The average molecular weight is 496 g/mol. The summed E-state index contributed by atoms with van der Waals surface area (Å²) in [5, 5.41) is 9.84. The van der Waals surface area contributed by atoms with Crippen molar-refractivity contribution in [3.05, 3.63) is 83.6 Å². The predicted octanol–water partition coefficient (Wildman–Crippen LogP) is 4.38. The van der Waals surface area contributed by atoms with E-state index in [-0.39, 0.29) is 47.6 Å². The fourth-order valence-electron chi connectivity index (χ4n) is 4.46. The molecule has 36 heavy (non-hydrogen) atoms. The lowest BCUT2D eigenvalue weighted by atomic mass is 9.99. The molecule has 1 aromatic heterocycles. The highest BCUT2D eigenvalue weighted by Crippen LogP contribution is 2.30. The predicted molar refractivity (Wildman–Crippen MR) is 134 cm³/mol. The SMILES string of the molecule is C[C@H](CO)N1C[C@H](C)[C@@H](CN(C)Cc2cccc(F)c2)Oc2ncc(-c3cccc(F)c3)cc2C1=O. The molecule has 4 rings (SSSR count). The second-order valence-electron chi connectivity index (χ2n) is 9.54. The number of benzene rings is 2. The highest BCUT2D eigenvalue weighted by atomic mass is 19.1. The molecule has 0 spiro atoms. The Labute approximate surface area is 210 Å². The van der Waals surface area contributed by atoms with Crippen LogP contribution in [0.5, 0.6) is 5.88 Å². The number of fused-ring (bicyclic) bond motifs is 1. The Balaban J connectivity index is 1.65. The number of aliphatic hydroxyl groups is 1. The summed E-state index contributed by atoms with van der Waals surface area (Å²) in [6.45, 7) is 5.02. The Hall–Kier alpha value is -3.36. The number of hydrogen-bond acceptors (Lipinski definition) is 5. The molecule has 0 bridgehead atoms. The van der Waals surface area contributed by atoms with E-state index in [1.807, 2.05) is 24.9 Å². The van der Waals surface area contributed by atoms with E-state index in [4.69, 9.17) is 4.74 Å². The van der Waals surface area contributed by atoms with Crippen LogP contribution in [0.3, 0.4) is 0 Å². The van der Waals surface area contributed by atoms with Crippen LogP contribution in [0.1, 0.15) is 29.8 Å². The molecule has 2 heterocycles. The maximum absolute atomic E-state index is 13.8. The van der Waals surface area contributed by atoms with Gasteiger partial charge in [-0.05, 0) is 55.4 Å². The zero-order chi connectivity index (χ0) is 25.8. The van der Waals surface area contributed by atoms with Crippen LogP contribution in [-0.2, 0) is 6.54 Å². The number of carbonyl (C=O) groups is 1. The molecule has 0 fully saturated rings. The molecular weight excluding hydrogens is 464 g/mol. The Morgan fingerprint density at radius 2 is 1.86 bits per heavy atom. The van der Waals surface area contributed by atoms with E-state index in [0.717, 1.165) is 5.56 Å². The third-order valence-corrected chi connectivity index (χ3v) is 6.51. The molecule has 0 aliphatic carbocycles. The molecule has 0 unspecified atom stereocenters. The van der Waals surface area contributed by atoms with Crippen molar-refractivity contribution in [1.82, 2.24) is 14.8 Å². The monoisotopic (exact) mass is 495 g/mol. The van der Waals surface area contributed by atoms with E-state index >= 15 is 0 Å². The van der Waals surface area contributed by atoms with Crippen LogP contribution in [0.15, 0.2) is 60.8 Å². The van der Waals surface area contributed by atoms with E-state index in [2.05, 4.69) is 4.98 Å². The van der Waals surface area contributed by atoms with E-state index in [9.17, 15) is 18.7 Å². The lowest BCUT2D eigenvalue weighted by Crippen LogP contribution is -2.49. The Morgan fingerprint density at radius 1 is 1.14 bits per heavy atom. The van der Waals surface area contributed by atoms with Crippen LogP contribution < -0.4 is 4.74 Å². The molecule has 8 heteroatoms. The normalized spacial score (nSPS) is 18.9. The molecule has 190 valence electrons. The smallest absolute Gasteiger partial charge is 0.259 e. The van der Waals surface area contributed by atoms with Crippen molar-refractivity contribution in [3.63, 3.8) is 0 Å². The molecule has 3 atom stereocenters. The molecule has 6 nitrogen and oxygen atoms in total. The van der Waals surface area contributed by atoms with Crippen LogP contribution in [0, 0.1) is 17.6 Å². The Bertz CT molecular complexity index is 1220. The molecule has 1 amide bonds. The van der Waals surface area contributed by atoms with Crippen LogP contribution in [0.2, 0.25) is 0 Å². The fraction of sp³-hybridized carbons (Fsp3) is 0.357. The first kappa shape index (κ1) is 25.7. The molecule has 3 aromatic rings. The number of carbonyl (C=O) groups excluding carboxylic acids is 1. The van der Waals surface area contributed by atoms with Gasteiger partial charge in [0.1, 0.15) is 23.3 Å². The van der Waals surface area contributed by atoms with Gasteiger partial charge in [-0.3, -0.25) is 9.69 Å². The summed E-state index contributed by atoms with van der Waals surface area (Å²) >= 11 is 0. The number of pyridine rings is 1. The fourth-order valence-corrected chi connectivity index (χ4v) is 4.46. The Kier molecular flexibility index (Phi) is 7.96. The summed E-state index contributed by atoms with van der Waals surface area (Å²) in [7, 11) is 1.93. The third kappa shape index (κ3) is 5.88. The second-order valence-corrected chi connectivity index (χ2v) is 9.54. The number of rotatable bonds is 7. The number of aromatic nitrogens is 1. The highest BCUT2D eigenvalue weighted by Gasteiger charge is 2.34. The van der Waals surface area contributed by atoms with Gasteiger partial charge in [0, 0.05) is 37.3 Å². The van der Waals surface area contributed by atoms with Gasteiger partial charge in [0.15, 0.2) is 0 Å². The topological polar surface area (TPSA) is 65.9 Å². The quantitative estimate of drug-likeness (QED) is 0.527. The van der Waals surface area contributed by atoms with Gasteiger partial charge in [0.25, 0.3) is 5.91 Å². The van der Waals surface area contributed by atoms with Crippen LogP contribution >= 0.6 is 0 Å². The Morgan fingerprint density at radius 3 is 2.56 bits per heavy atom. The summed E-state index contributed by atoms with van der Waals surface area (Å²) in [6, 6.07) is 13.8. The molecule has 1 aliphatic rings. The first-order chi connectivity index (χ1) is 17.2. The van der Waals surface area contributed by atoms with Gasteiger partial charge < -0.3 is 14.7 Å². The van der Waals surface area contributed by atoms with Gasteiger partial charge in [-0.25, -0.2) is 13.8 Å². The zero-order valence-electron chi connectivity index (χ0n) is 20.7. The lowest BCUT2D eigenvalue weighted by molar-refractivity contribution is 0.0325. The number of nitrogens with zero attached hydrogens (tertiary/aromatic N) is 3. The van der Waals surface area contributed by atoms with Crippen molar-refractivity contribution in [3.8, 4) is 17.0 Å². The third-order valence-electron chi connectivity index (χ3n) is 6.51. The van der Waals surface area contributed by atoms with Crippen LogP contribution in [0.4, 0.5) is 8.78 Å². The number of halogens is 2. The van der Waals surface area contributed by atoms with E-state index in [1.165, 1.54) is 24.3 Å². The maximum atomic E-state index is 13.8. The van der Waals surface area contributed by atoms with E-state index < -0.39 is 6.04 Å². The van der Waals surface area contributed by atoms with Crippen molar-refractivity contribution in [2.45, 2.75) is 32.5 Å². The summed E-state index contributed by atoms with van der Waals surface area (Å²) < 4.78 is 33.8. The minimum absolute atomic E-state index is 0.0734. The van der Waals surface area contributed by atoms with Gasteiger partial charge in [0.05, 0.1) is 12.6 Å². The standard InChI is InChI=1S/C28H31F2N3O3/c1-18-14-33(19(2)17-34)28(35)25-12-22(21-7-5-9-24(30)11-21)13-31-27(25)36-26(18)16-32(3)15-20-6-4-8-23(29)10-20/h4-13,18-19,26,34H,14-17H2,1-3H3/t18-,19+,26+/m0/s1. The maximum Gasteiger partial charge on any atom is 0.259 e. The molecule has 0 saturated heterocycles. The van der Waals surface area contributed by atoms with Crippen molar-refractivity contribution in [2.24, 2.45) is 5.92 Å². The highest BCUT2D eigenvalue weighted by molar-refractivity contribution is 5.98. The number of aliphatic hydroxyl groups excluding tert-OH is 1.